The second-order valence-electron chi connectivity index (χ2n) is 6.54. The fourth-order valence-corrected chi connectivity index (χ4v) is 3.77. The fourth-order valence-electron chi connectivity index (χ4n) is 3.27. The van der Waals surface area contributed by atoms with Crippen molar-refractivity contribution in [1.29, 1.82) is 0 Å². The highest BCUT2D eigenvalue weighted by molar-refractivity contribution is 9.10. The summed E-state index contributed by atoms with van der Waals surface area (Å²) in [5, 5.41) is 1.05. The lowest BCUT2D eigenvalue weighted by molar-refractivity contribution is 0.0337. The maximum Gasteiger partial charge on any atom is 0.168 e. The van der Waals surface area contributed by atoms with Crippen molar-refractivity contribution in [2.24, 2.45) is 0 Å². The van der Waals surface area contributed by atoms with Gasteiger partial charge in [-0.25, -0.2) is 4.98 Å². The molecule has 1 aliphatic heterocycles. The van der Waals surface area contributed by atoms with Crippen molar-refractivity contribution in [1.82, 2.24) is 14.9 Å². The zero-order valence-electron chi connectivity index (χ0n) is 14.4. The number of hydrogen-bond donors (Lipinski definition) is 1. The van der Waals surface area contributed by atoms with Gasteiger partial charge in [-0.05, 0) is 23.8 Å². The van der Waals surface area contributed by atoms with E-state index in [4.69, 9.17) is 4.74 Å². The van der Waals surface area contributed by atoms with Gasteiger partial charge < -0.3 is 9.72 Å². The predicted molar refractivity (Wildman–Crippen MR) is 104 cm³/mol. The second-order valence-corrected chi connectivity index (χ2v) is 7.40. The van der Waals surface area contributed by atoms with E-state index in [1.165, 1.54) is 0 Å². The Hall–Kier alpha value is -2.02. The average Bonchev–Trinajstić information content (AvgIpc) is 3.04. The van der Waals surface area contributed by atoms with Crippen LogP contribution in [0.2, 0.25) is 0 Å². The van der Waals surface area contributed by atoms with Gasteiger partial charge in [0, 0.05) is 53.4 Å². The molecule has 0 amide bonds. The van der Waals surface area contributed by atoms with E-state index in [0.29, 0.717) is 12.0 Å². The Balaban J connectivity index is 1.50. The molecule has 0 unspecified atom stereocenters. The molecular formula is C20H20BrN3O2. The van der Waals surface area contributed by atoms with Gasteiger partial charge in [-0.2, -0.15) is 0 Å². The number of rotatable bonds is 5. The lowest BCUT2D eigenvalue weighted by atomic mass is 10.0. The van der Waals surface area contributed by atoms with Crippen LogP contribution in [-0.2, 0) is 17.7 Å². The molecule has 1 aromatic carbocycles. The summed E-state index contributed by atoms with van der Waals surface area (Å²) < 4.78 is 6.22. The van der Waals surface area contributed by atoms with Gasteiger partial charge in [0.2, 0.25) is 0 Å². The number of nitrogens with zero attached hydrogens (tertiary/aromatic N) is 2. The van der Waals surface area contributed by atoms with Crippen molar-refractivity contribution in [3.63, 3.8) is 0 Å². The van der Waals surface area contributed by atoms with Crippen molar-refractivity contribution in [2.45, 2.75) is 13.0 Å². The minimum Gasteiger partial charge on any atom is -0.379 e. The highest BCUT2D eigenvalue weighted by Crippen LogP contribution is 2.20. The number of ketones is 1. The van der Waals surface area contributed by atoms with Gasteiger partial charge in [-0.15, -0.1) is 0 Å². The summed E-state index contributed by atoms with van der Waals surface area (Å²) in [7, 11) is 0. The third kappa shape index (κ3) is 3.87. The van der Waals surface area contributed by atoms with Gasteiger partial charge in [-0.3, -0.25) is 9.69 Å². The Bertz CT molecular complexity index is 932. The first kappa shape index (κ1) is 17.4. The smallest absolute Gasteiger partial charge is 0.168 e. The summed E-state index contributed by atoms with van der Waals surface area (Å²) in [6.45, 7) is 4.35. The van der Waals surface area contributed by atoms with E-state index < -0.39 is 0 Å². The van der Waals surface area contributed by atoms with E-state index in [9.17, 15) is 4.79 Å². The number of morpholine rings is 1. The molecule has 1 N–H and O–H groups in total. The van der Waals surface area contributed by atoms with Crippen molar-refractivity contribution in [3.05, 3.63) is 63.9 Å². The molecule has 1 fully saturated rings. The number of fused-ring (bicyclic) bond motifs is 1. The third-order valence-corrected chi connectivity index (χ3v) is 5.31. The lowest BCUT2D eigenvalue weighted by Gasteiger charge is -2.25. The van der Waals surface area contributed by atoms with Gasteiger partial charge in [0.1, 0.15) is 5.65 Å². The van der Waals surface area contributed by atoms with Gasteiger partial charge in [0.25, 0.3) is 0 Å². The standard InChI is InChI=1S/C20H20BrN3O2/c21-18-4-2-1-3-17(18)19(25)10-14-9-15-11-16(23-20(15)22-12-14)13-24-5-7-26-8-6-24/h1-4,9,11-12H,5-8,10,13H2,(H,22,23). The van der Waals surface area contributed by atoms with Gasteiger partial charge in [-0.1, -0.05) is 34.1 Å². The molecule has 3 aromatic rings. The number of H-pyrrole nitrogens is 1. The van der Waals surface area contributed by atoms with Gasteiger partial charge in [0.05, 0.1) is 13.2 Å². The third-order valence-electron chi connectivity index (χ3n) is 4.62. The Morgan fingerprint density at radius 3 is 2.85 bits per heavy atom. The zero-order chi connectivity index (χ0) is 17.9. The van der Waals surface area contributed by atoms with Crippen LogP contribution in [0.4, 0.5) is 0 Å². The van der Waals surface area contributed by atoms with Crippen LogP contribution in [0.25, 0.3) is 11.0 Å². The Morgan fingerprint density at radius 1 is 1.23 bits per heavy atom. The molecule has 1 aliphatic rings. The highest BCUT2D eigenvalue weighted by Gasteiger charge is 2.14. The summed E-state index contributed by atoms with van der Waals surface area (Å²) >= 11 is 3.45. The Morgan fingerprint density at radius 2 is 2.04 bits per heavy atom. The molecule has 3 heterocycles. The minimum atomic E-state index is 0.0858. The zero-order valence-corrected chi connectivity index (χ0v) is 16.0. The van der Waals surface area contributed by atoms with Crippen molar-refractivity contribution < 1.29 is 9.53 Å². The molecule has 0 bridgehead atoms. The molecule has 0 spiro atoms. The van der Waals surface area contributed by atoms with Crippen LogP contribution in [0.5, 0.6) is 0 Å². The van der Waals surface area contributed by atoms with Crippen LogP contribution in [-0.4, -0.2) is 47.0 Å². The molecule has 134 valence electrons. The number of aromatic nitrogens is 2. The second kappa shape index (κ2) is 7.70. The molecule has 0 radical (unpaired) electrons. The lowest BCUT2D eigenvalue weighted by Crippen LogP contribution is -2.35. The first-order chi connectivity index (χ1) is 12.7. The average molecular weight is 414 g/mol. The summed E-state index contributed by atoms with van der Waals surface area (Å²) in [5.74, 6) is 0.0858. The van der Waals surface area contributed by atoms with Crippen LogP contribution >= 0.6 is 15.9 Å². The topological polar surface area (TPSA) is 58.2 Å². The summed E-state index contributed by atoms with van der Waals surface area (Å²) in [6.07, 6.45) is 2.13. The molecule has 6 heteroatoms. The number of hydrogen-bond acceptors (Lipinski definition) is 4. The number of aromatic amines is 1. The van der Waals surface area contributed by atoms with Crippen LogP contribution in [0, 0.1) is 0 Å². The quantitative estimate of drug-likeness (QED) is 0.649. The van der Waals surface area contributed by atoms with Crippen molar-refractivity contribution in [2.75, 3.05) is 26.3 Å². The molecule has 4 rings (SSSR count). The number of carbonyl (C=O) groups excluding carboxylic acids is 1. The molecule has 1 saturated heterocycles. The number of pyridine rings is 1. The summed E-state index contributed by atoms with van der Waals surface area (Å²) in [6, 6.07) is 11.7. The van der Waals surface area contributed by atoms with Crippen LogP contribution in [0.3, 0.4) is 0 Å². The summed E-state index contributed by atoms with van der Waals surface area (Å²) in [5.41, 5.74) is 3.64. The first-order valence-electron chi connectivity index (χ1n) is 8.73. The molecular weight excluding hydrogens is 394 g/mol. The largest absolute Gasteiger partial charge is 0.379 e. The number of benzene rings is 1. The van der Waals surface area contributed by atoms with E-state index in [1.54, 1.807) is 6.20 Å². The fraction of sp³-hybridized carbons (Fsp3) is 0.300. The van der Waals surface area contributed by atoms with Crippen molar-refractivity contribution >= 4 is 32.7 Å². The van der Waals surface area contributed by atoms with E-state index in [0.717, 1.165) is 59.6 Å². The van der Waals surface area contributed by atoms with E-state index >= 15 is 0 Å². The minimum absolute atomic E-state index is 0.0858. The molecule has 0 saturated carbocycles. The molecule has 0 atom stereocenters. The number of nitrogens with one attached hydrogen (secondary N) is 1. The predicted octanol–water partition coefficient (Wildman–Crippen LogP) is 3.58. The maximum atomic E-state index is 12.6. The summed E-state index contributed by atoms with van der Waals surface area (Å²) in [4.78, 5) is 22.8. The van der Waals surface area contributed by atoms with Crippen molar-refractivity contribution in [3.8, 4) is 0 Å². The number of Topliss-reactive ketones (excluding diaryl/α,β-unsaturated/α-hetero) is 1. The Labute approximate surface area is 160 Å². The number of carbonyl (C=O) groups is 1. The van der Waals surface area contributed by atoms with E-state index in [-0.39, 0.29) is 5.78 Å². The van der Waals surface area contributed by atoms with Gasteiger partial charge in [0.15, 0.2) is 5.78 Å². The van der Waals surface area contributed by atoms with Gasteiger partial charge >= 0.3 is 0 Å². The number of ether oxygens (including phenoxy) is 1. The first-order valence-corrected chi connectivity index (χ1v) is 9.53. The van der Waals surface area contributed by atoms with Crippen LogP contribution < -0.4 is 0 Å². The maximum absolute atomic E-state index is 12.6. The molecule has 2 aromatic heterocycles. The normalized spacial score (nSPS) is 15.4. The molecule has 5 nitrogen and oxygen atoms in total. The van der Waals surface area contributed by atoms with Crippen LogP contribution in [0.15, 0.2) is 47.1 Å². The molecule has 0 aliphatic carbocycles. The molecule has 26 heavy (non-hydrogen) atoms. The van der Waals surface area contributed by atoms with Crippen LogP contribution in [0.1, 0.15) is 21.6 Å². The monoisotopic (exact) mass is 413 g/mol. The van der Waals surface area contributed by atoms with E-state index in [2.05, 4.69) is 42.9 Å². The Kier molecular flexibility index (Phi) is 5.15. The van der Waals surface area contributed by atoms with E-state index in [1.807, 2.05) is 24.3 Å². The number of halogens is 1. The highest BCUT2D eigenvalue weighted by atomic mass is 79.9. The SMILES string of the molecule is O=C(Cc1cnc2[nH]c(CN3CCOCC3)cc2c1)c1ccccc1Br.